The van der Waals surface area contributed by atoms with Crippen LogP contribution in [0.3, 0.4) is 0 Å². The summed E-state index contributed by atoms with van der Waals surface area (Å²) in [4.78, 5) is 0. The molecule has 2 N–H and O–H groups in total. The Morgan fingerprint density at radius 2 is 1.84 bits per heavy atom. The van der Waals surface area contributed by atoms with Crippen LogP contribution in [0.15, 0.2) is 28.7 Å². The van der Waals surface area contributed by atoms with Crippen molar-refractivity contribution in [2.45, 2.75) is 58.1 Å². The molecule has 0 aliphatic heterocycles. The van der Waals surface area contributed by atoms with Gasteiger partial charge in [0.2, 0.25) is 0 Å². The first-order chi connectivity index (χ1) is 9.16. The average molecular weight is 328 g/mol. The number of rotatable bonds is 9. The van der Waals surface area contributed by atoms with Gasteiger partial charge >= 0.3 is 0 Å². The monoisotopic (exact) mass is 327 g/mol. The van der Waals surface area contributed by atoms with Gasteiger partial charge in [-0.25, -0.2) is 0 Å². The molecular formula is C16H26BrNO. The summed E-state index contributed by atoms with van der Waals surface area (Å²) in [5, 5.41) is 0. The van der Waals surface area contributed by atoms with E-state index in [1.54, 1.807) is 0 Å². The van der Waals surface area contributed by atoms with Crippen LogP contribution in [0.2, 0.25) is 0 Å². The van der Waals surface area contributed by atoms with Crippen LogP contribution in [0.4, 0.5) is 0 Å². The summed E-state index contributed by atoms with van der Waals surface area (Å²) in [6.45, 7) is 5.02. The van der Waals surface area contributed by atoms with E-state index in [-0.39, 0.29) is 12.1 Å². The van der Waals surface area contributed by atoms with E-state index in [9.17, 15) is 0 Å². The summed E-state index contributed by atoms with van der Waals surface area (Å²) >= 11 is 3.57. The molecule has 3 heteroatoms. The highest BCUT2D eigenvalue weighted by molar-refractivity contribution is 9.10. The van der Waals surface area contributed by atoms with E-state index < -0.39 is 0 Å². The van der Waals surface area contributed by atoms with Crippen molar-refractivity contribution >= 4 is 15.9 Å². The molecular weight excluding hydrogens is 302 g/mol. The molecule has 0 heterocycles. The molecule has 0 saturated carbocycles. The highest BCUT2D eigenvalue weighted by Crippen LogP contribution is 2.28. The second-order valence-electron chi connectivity index (χ2n) is 5.09. The van der Waals surface area contributed by atoms with E-state index in [0.717, 1.165) is 23.1 Å². The van der Waals surface area contributed by atoms with Crippen molar-refractivity contribution in [1.29, 1.82) is 0 Å². The van der Waals surface area contributed by atoms with Gasteiger partial charge in [0.05, 0.1) is 6.10 Å². The number of nitrogens with two attached hydrogens (primary N) is 1. The van der Waals surface area contributed by atoms with Crippen LogP contribution in [0.1, 0.15) is 57.6 Å². The van der Waals surface area contributed by atoms with Gasteiger partial charge in [0.15, 0.2) is 0 Å². The van der Waals surface area contributed by atoms with E-state index in [1.807, 2.05) is 25.1 Å². The zero-order valence-electron chi connectivity index (χ0n) is 12.1. The number of hydrogen-bond donors (Lipinski definition) is 1. The van der Waals surface area contributed by atoms with Crippen molar-refractivity contribution in [1.82, 2.24) is 0 Å². The lowest BCUT2D eigenvalue weighted by atomic mass is 10.0. The van der Waals surface area contributed by atoms with Crippen LogP contribution < -0.4 is 5.73 Å². The first kappa shape index (κ1) is 16.7. The molecule has 1 aromatic carbocycles. The Morgan fingerprint density at radius 3 is 2.47 bits per heavy atom. The van der Waals surface area contributed by atoms with Crippen LogP contribution in [0, 0.1) is 0 Å². The SMILES string of the molecule is CCCCCCCOC(c1ccccc1Br)C(C)N. The average Bonchev–Trinajstić information content (AvgIpc) is 2.39. The van der Waals surface area contributed by atoms with Gasteiger partial charge in [-0.15, -0.1) is 0 Å². The van der Waals surface area contributed by atoms with Crippen molar-refractivity contribution in [2.75, 3.05) is 6.61 Å². The molecule has 108 valence electrons. The molecule has 2 unspecified atom stereocenters. The molecule has 0 fully saturated rings. The highest BCUT2D eigenvalue weighted by atomic mass is 79.9. The zero-order chi connectivity index (χ0) is 14.1. The Kier molecular flexibility index (Phi) is 8.35. The maximum Gasteiger partial charge on any atom is 0.0983 e. The third kappa shape index (κ3) is 6.07. The second kappa shape index (κ2) is 9.51. The number of unbranched alkanes of at least 4 members (excludes halogenated alkanes) is 4. The molecule has 0 saturated heterocycles. The van der Waals surface area contributed by atoms with E-state index in [0.29, 0.717) is 0 Å². The summed E-state index contributed by atoms with van der Waals surface area (Å²) in [5.74, 6) is 0. The number of benzene rings is 1. The van der Waals surface area contributed by atoms with Gasteiger partial charge in [0.1, 0.15) is 0 Å². The first-order valence-electron chi connectivity index (χ1n) is 7.28. The summed E-state index contributed by atoms with van der Waals surface area (Å²) in [6.07, 6.45) is 6.24. The van der Waals surface area contributed by atoms with Crippen LogP contribution in [-0.4, -0.2) is 12.6 Å². The molecule has 0 amide bonds. The summed E-state index contributed by atoms with van der Waals surface area (Å²) in [5.41, 5.74) is 7.20. The number of halogens is 1. The molecule has 1 rings (SSSR count). The Labute approximate surface area is 125 Å². The minimum Gasteiger partial charge on any atom is -0.372 e. The fraction of sp³-hybridized carbons (Fsp3) is 0.625. The second-order valence-corrected chi connectivity index (χ2v) is 5.94. The van der Waals surface area contributed by atoms with Crippen molar-refractivity contribution in [3.05, 3.63) is 34.3 Å². The zero-order valence-corrected chi connectivity index (χ0v) is 13.7. The summed E-state index contributed by atoms with van der Waals surface area (Å²) < 4.78 is 7.07. The van der Waals surface area contributed by atoms with Gasteiger partial charge in [0, 0.05) is 17.1 Å². The maximum atomic E-state index is 6.05. The molecule has 19 heavy (non-hydrogen) atoms. The third-order valence-corrected chi connectivity index (χ3v) is 3.96. The number of ether oxygens (including phenoxy) is 1. The maximum absolute atomic E-state index is 6.05. The van der Waals surface area contributed by atoms with E-state index in [2.05, 4.69) is 28.9 Å². The van der Waals surface area contributed by atoms with Crippen LogP contribution in [-0.2, 0) is 4.74 Å². The first-order valence-corrected chi connectivity index (χ1v) is 8.07. The lowest BCUT2D eigenvalue weighted by Crippen LogP contribution is -2.27. The van der Waals surface area contributed by atoms with Crippen molar-refractivity contribution in [2.24, 2.45) is 5.73 Å². The summed E-state index contributed by atoms with van der Waals surface area (Å²) in [7, 11) is 0. The Morgan fingerprint density at radius 1 is 1.16 bits per heavy atom. The minimum absolute atomic E-state index is 0.00524. The largest absolute Gasteiger partial charge is 0.372 e. The molecule has 0 aliphatic carbocycles. The molecule has 2 atom stereocenters. The molecule has 2 nitrogen and oxygen atoms in total. The van der Waals surface area contributed by atoms with Gasteiger partial charge in [-0.2, -0.15) is 0 Å². The van der Waals surface area contributed by atoms with Gasteiger partial charge in [-0.1, -0.05) is 66.7 Å². The van der Waals surface area contributed by atoms with Crippen molar-refractivity contribution in [3.63, 3.8) is 0 Å². The molecule has 0 radical (unpaired) electrons. The lowest BCUT2D eigenvalue weighted by molar-refractivity contribution is 0.0354. The summed E-state index contributed by atoms with van der Waals surface area (Å²) in [6, 6.07) is 8.15. The Hall–Kier alpha value is -0.380. The minimum atomic E-state index is -0.0262. The van der Waals surface area contributed by atoms with Crippen molar-refractivity contribution in [3.8, 4) is 0 Å². The normalized spacial score (nSPS) is 14.3. The van der Waals surface area contributed by atoms with Crippen LogP contribution in [0.25, 0.3) is 0 Å². The number of hydrogen-bond acceptors (Lipinski definition) is 2. The molecule has 1 aromatic rings. The Bertz CT molecular complexity index is 354. The van der Waals surface area contributed by atoms with Crippen LogP contribution >= 0.6 is 15.9 Å². The molecule has 0 aliphatic rings. The quantitative estimate of drug-likeness (QED) is 0.659. The van der Waals surface area contributed by atoms with Gasteiger partial charge < -0.3 is 10.5 Å². The Balaban J connectivity index is 2.44. The van der Waals surface area contributed by atoms with E-state index in [4.69, 9.17) is 10.5 Å². The molecule has 0 bridgehead atoms. The van der Waals surface area contributed by atoms with Gasteiger partial charge in [0.25, 0.3) is 0 Å². The third-order valence-electron chi connectivity index (χ3n) is 3.23. The topological polar surface area (TPSA) is 35.2 Å². The smallest absolute Gasteiger partial charge is 0.0983 e. The molecule has 0 spiro atoms. The predicted octanol–water partition coefficient (Wildman–Crippen LogP) is 4.82. The van der Waals surface area contributed by atoms with Crippen LogP contribution in [0.5, 0.6) is 0 Å². The van der Waals surface area contributed by atoms with E-state index >= 15 is 0 Å². The highest BCUT2D eigenvalue weighted by Gasteiger charge is 2.18. The fourth-order valence-corrected chi connectivity index (χ4v) is 2.66. The van der Waals surface area contributed by atoms with Gasteiger partial charge in [-0.3, -0.25) is 0 Å². The molecule has 0 aromatic heterocycles. The lowest BCUT2D eigenvalue weighted by Gasteiger charge is -2.23. The van der Waals surface area contributed by atoms with E-state index in [1.165, 1.54) is 25.7 Å². The predicted molar refractivity (Wildman–Crippen MR) is 85.2 cm³/mol. The standard InChI is InChI=1S/C16H26BrNO/c1-3-4-5-6-9-12-19-16(13(2)18)14-10-7-8-11-15(14)17/h7-8,10-11,13,16H,3-6,9,12,18H2,1-2H3. The fourth-order valence-electron chi connectivity index (χ4n) is 2.15. The van der Waals surface area contributed by atoms with Crippen molar-refractivity contribution < 1.29 is 4.74 Å². The van der Waals surface area contributed by atoms with Gasteiger partial charge in [-0.05, 0) is 25.0 Å².